The molecule has 0 amide bonds. The largest absolute Gasteiger partial charge is 0.473 e. The maximum atomic E-state index is 13.5. The monoisotopic (exact) mass is 303 g/mol. The van der Waals surface area contributed by atoms with E-state index < -0.39 is 0 Å². The van der Waals surface area contributed by atoms with E-state index in [1.54, 1.807) is 18.3 Å². The molecule has 3 aromatic rings. The van der Waals surface area contributed by atoms with Crippen molar-refractivity contribution in [2.75, 3.05) is 0 Å². The van der Waals surface area contributed by atoms with Crippen molar-refractivity contribution in [1.82, 2.24) is 4.98 Å². The summed E-state index contributed by atoms with van der Waals surface area (Å²) in [6, 6.07) is 18.0. The third-order valence-corrected chi connectivity index (χ3v) is 3.36. The second-order valence-corrected chi connectivity index (χ2v) is 5.03. The zero-order valence-electron chi connectivity index (χ0n) is 12.4. The number of hydrogen-bond acceptors (Lipinski definition) is 2. The van der Waals surface area contributed by atoms with E-state index in [4.69, 9.17) is 11.2 Å². The lowest BCUT2D eigenvalue weighted by Crippen LogP contribution is -1.96. The Morgan fingerprint density at radius 3 is 2.52 bits per heavy atom. The van der Waals surface area contributed by atoms with E-state index in [-0.39, 0.29) is 5.82 Å². The van der Waals surface area contributed by atoms with Gasteiger partial charge in [-0.15, -0.1) is 6.42 Å². The van der Waals surface area contributed by atoms with Crippen LogP contribution >= 0.6 is 0 Å². The number of aromatic nitrogens is 1. The van der Waals surface area contributed by atoms with Gasteiger partial charge in [0.25, 0.3) is 0 Å². The Balaban J connectivity index is 1.75. The first kappa shape index (κ1) is 14.8. The van der Waals surface area contributed by atoms with E-state index in [1.165, 1.54) is 12.1 Å². The van der Waals surface area contributed by atoms with Crippen molar-refractivity contribution in [3.63, 3.8) is 0 Å². The van der Waals surface area contributed by atoms with Gasteiger partial charge in [-0.1, -0.05) is 36.3 Å². The highest BCUT2D eigenvalue weighted by molar-refractivity contribution is 5.65. The maximum absolute atomic E-state index is 13.5. The van der Waals surface area contributed by atoms with Crippen molar-refractivity contribution in [2.24, 2.45) is 0 Å². The van der Waals surface area contributed by atoms with Crippen molar-refractivity contribution in [3.05, 3.63) is 83.8 Å². The molecule has 23 heavy (non-hydrogen) atoms. The molecule has 0 spiro atoms. The molecule has 1 aromatic heterocycles. The second kappa shape index (κ2) is 6.76. The average molecular weight is 303 g/mol. The predicted molar refractivity (Wildman–Crippen MR) is 88.3 cm³/mol. The first-order valence-electron chi connectivity index (χ1n) is 7.15. The van der Waals surface area contributed by atoms with E-state index in [0.717, 1.165) is 11.1 Å². The van der Waals surface area contributed by atoms with Gasteiger partial charge in [0.05, 0.1) is 0 Å². The Labute approximate surface area is 134 Å². The van der Waals surface area contributed by atoms with Crippen LogP contribution in [0.15, 0.2) is 66.9 Å². The molecule has 3 rings (SSSR count). The molecule has 0 aliphatic rings. The molecule has 0 saturated carbocycles. The zero-order valence-corrected chi connectivity index (χ0v) is 12.4. The van der Waals surface area contributed by atoms with Gasteiger partial charge in [-0.2, -0.15) is 0 Å². The summed E-state index contributed by atoms with van der Waals surface area (Å²) in [7, 11) is 0. The average Bonchev–Trinajstić information content (AvgIpc) is 2.60. The van der Waals surface area contributed by atoms with E-state index in [0.29, 0.717) is 23.6 Å². The lowest BCUT2D eigenvalue weighted by atomic mass is 10.0. The minimum absolute atomic E-state index is 0.361. The highest BCUT2D eigenvalue weighted by Gasteiger charge is 2.04. The molecule has 112 valence electrons. The molecule has 0 aliphatic heterocycles. The van der Waals surface area contributed by atoms with Gasteiger partial charge in [0, 0.05) is 23.4 Å². The van der Waals surface area contributed by atoms with Crippen LogP contribution in [-0.4, -0.2) is 4.98 Å². The van der Waals surface area contributed by atoms with Gasteiger partial charge in [0.1, 0.15) is 12.4 Å². The summed E-state index contributed by atoms with van der Waals surface area (Å²) >= 11 is 0. The minimum atomic E-state index is -0.361. The van der Waals surface area contributed by atoms with Gasteiger partial charge in [0.15, 0.2) is 0 Å². The van der Waals surface area contributed by atoms with Crippen LogP contribution in [0.2, 0.25) is 0 Å². The molecule has 2 aromatic carbocycles. The van der Waals surface area contributed by atoms with Crippen molar-refractivity contribution < 1.29 is 9.13 Å². The fourth-order valence-electron chi connectivity index (χ4n) is 2.21. The maximum Gasteiger partial charge on any atom is 0.213 e. The molecule has 0 unspecified atom stereocenters. The number of ether oxygens (including phenoxy) is 1. The number of terminal acetylenes is 1. The van der Waals surface area contributed by atoms with Gasteiger partial charge in [-0.3, -0.25) is 0 Å². The molecule has 0 aliphatic carbocycles. The molecular weight excluding hydrogens is 289 g/mol. The summed E-state index contributed by atoms with van der Waals surface area (Å²) in [5.74, 6) is 2.60. The summed E-state index contributed by atoms with van der Waals surface area (Å²) in [5.41, 5.74) is 3.06. The van der Waals surface area contributed by atoms with Gasteiger partial charge in [-0.25, -0.2) is 9.37 Å². The van der Waals surface area contributed by atoms with E-state index >= 15 is 0 Å². The lowest BCUT2D eigenvalue weighted by molar-refractivity contribution is 0.294. The lowest BCUT2D eigenvalue weighted by Gasteiger charge is -2.07. The smallest absolute Gasteiger partial charge is 0.213 e. The van der Waals surface area contributed by atoms with Crippen LogP contribution < -0.4 is 4.74 Å². The number of halogens is 1. The summed E-state index contributed by atoms with van der Waals surface area (Å²) in [5, 5.41) is 0. The standard InChI is InChI=1S/C20H14FNO/c1-2-15-10-18(12-19(21)11-15)17-8-9-20(22-13-17)23-14-16-6-4-3-5-7-16/h1,3-13H,14H2. The number of nitrogens with zero attached hydrogens (tertiary/aromatic N) is 1. The molecule has 0 bridgehead atoms. The molecule has 1 heterocycles. The molecule has 3 heteroatoms. The van der Waals surface area contributed by atoms with Crippen molar-refractivity contribution in [2.45, 2.75) is 6.61 Å². The van der Waals surface area contributed by atoms with E-state index in [2.05, 4.69) is 10.9 Å². The number of benzene rings is 2. The highest BCUT2D eigenvalue weighted by Crippen LogP contribution is 2.23. The van der Waals surface area contributed by atoms with E-state index in [1.807, 2.05) is 36.4 Å². The predicted octanol–water partition coefficient (Wildman–Crippen LogP) is 4.45. The Bertz CT molecular complexity index is 836. The van der Waals surface area contributed by atoms with Crippen LogP contribution in [0, 0.1) is 18.2 Å². The summed E-state index contributed by atoms with van der Waals surface area (Å²) in [6.45, 7) is 0.453. The normalized spacial score (nSPS) is 10.1. The third kappa shape index (κ3) is 3.75. The minimum Gasteiger partial charge on any atom is -0.473 e. The Hall–Kier alpha value is -3.12. The highest BCUT2D eigenvalue weighted by atomic mass is 19.1. The number of hydrogen-bond donors (Lipinski definition) is 0. The number of rotatable bonds is 4. The summed E-state index contributed by atoms with van der Waals surface area (Å²) in [6.07, 6.45) is 6.98. The first-order chi connectivity index (χ1) is 11.2. The van der Waals surface area contributed by atoms with Crippen LogP contribution in [0.3, 0.4) is 0 Å². The van der Waals surface area contributed by atoms with Crippen LogP contribution in [0.4, 0.5) is 4.39 Å². The Morgan fingerprint density at radius 1 is 1.00 bits per heavy atom. The van der Waals surface area contributed by atoms with Crippen LogP contribution in [-0.2, 0) is 6.61 Å². The molecule has 0 N–H and O–H groups in total. The van der Waals surface area contributed by atoms with Gasteiger partial charge < -0.3 is 4.74 Å². The summed E-state index contributed by atoms with van der Waals surface area (Å²) in [4.78, 5) is 4.26. The molecule has 0 atom stereocenters. The SMILES string of the molecule is C#Cc1cc(F)cc(-c2ccc(OCc3ccccc3)nc2)c1. The van der Waals surface area contributed by atoms with Crippen molar-refractivity contribution >= 4 is 0 Å². The molecule has 0 radical (unpaired) electrons. The molecule has 0 saturated heterocycles. The van der Waals surface area contributed by atoms with Gasteiger partial charge >= 0.3 is 0 Å². The van der Waals surface area contributed by atoms with Gasteiger partial charge in [-0.05, 0) is 35.4 Å². The summed E-state index contributed by atoms with van der Waals surface area (Å²) < 4.78 is 19.2. The second-order valence-electron chi connectivity index (χ2n) is 5.03. The molecule has 2 nitrogen and oxygen atoms in total. The number of pyridine rings is 1. The Kier molecular flexibility index (Phi) is 4.35. The van der Waals surface area contributed by atoms with Gasteiger partial charge in [0.2, 0.25) is 5.88 Å². The topological polar surface area (TPSA) is 22.1 Å². The van der Waals surface area contributed by atoms with Crippen LogP contribution in [0.25, 0.3) is 11.1 Å². The fraction of sp³-hybridized carbons (Fsp3) is 0.0500. The van der Waals surface area contributed by atoms with Crippen LogP contribution in [0.1, 0.15) is 11.1 Å². The Morgan fingerprint density at radius 2 is 1.83 bits per heavy atom. The first-order valence-corrected chi connectivity index (χ1v) is 7.15. The van der Waals surface area contributed by atoms with Crippen molar-refractivity contribution in [3.8, 4) is 29.4 Å². The zero-order chi connectivity index (χ0) is 16.1. The van der Waals surface area contributed by atoms with Crippen molar-refractivity contribution in [1.29, 1.82) is 0 Å². The van der Waals surface area contributed by atoms with Crippen LogP contribution in [0.5, 0.6) is 5.88 Å². The fourth-order valence-corrected chi connectivity index (χ4v) is 2.21. The van der Waals surface area contributed by atoms with E-state index in [9.17, 15) is 4.39 Å². The molecule has 0 fully saturated rings. The quantitative estimate of drug-likeness (QED) is 0.664. The molecular formula is C20H14FNO. The third-order valence-electron chi connectivity index (χ3n) is 3.36.